The van der Waals surface area contributed by atoms with Crippen LogP contribution in [0.5, 0.6) is 17.2 Å². The number of Topliss-reactive ketones (excluding diaryl/α,β-unsaturated/α-hetero) is 1. The van der Waals surface area contributed by atoms with E-state index in [1.54, 1.807) is 19.1 Å². The number of aliphatic hydroxyl groups is 2. The van der Waals surface area contributed by atoms with E-state index >= 15 is 0 Å². The van der Waals surface area contributed by atoms with E-state index in [0.29, 0.717) is 42.6 Å². The van der Waals surface area contributed by atoms with Crippen LogP contribution in [0.1, 0.15) is 48.5 Å². The Morgan fingerprint density at radius 3 is 2.45 bits per heavy atom. The van der Waals surface area contributed by atoms with E-state index in [2.05, 4.69) is 0 Å². The van der Waals surface area contributed by atoms with Crippen molar-refractivity contribution in [2.75, 3.05) is 20.3 Å². The molecule has 0 heterocycles. The molecule has 2 aromatic carbocycles. The van der Waals surface area contributed by atoms with Crippen LogP contribution < -0.4 is 14.2 Å². The first kappa shape index (κ1) is 23.1. The number of carbonyl (C=O) groups is 2. The van der Waals surface area contributed by atoms with Gasteiger partial charge in [-0.25, -0.2) is 0 Å². The number of aliphatic hydroxyl groups excluding tert-OH is 1. The highest BCUT2D eigenvalue weighted by Gasteiger charge is 2.47. The molecule has 0 atom stereocenters. The molecule has 0 radical (unpaired) electrons. The zero-order chi connectivity index (χ0) is 23.6. The van der Waals surface area contributed by atoms with Crippen LogP contribution in [0.3, 0.4) is 0 Å². The van der Waals surface area contributed by atoms with Gasteiger partial charge >= 0.3 is 12.4 Å². The Balaban J connectivity index is 1.78. The number of rotatable bonds is 9. The minimum Gasteiger partial charge on any atom is -0.490 e. The molecule has 1 saturated carbocycles. The molecule has 176 valence electrons. The van der Waals surface area contributed by atoms with Crippen molar-refractivity contribution in [1.82, 2.24) is 0 Å². The van der Waals surface area contributed by atoms with Crippen molar-refractivity contribution in [3.63, 3.8) is 0 Å². The molecule has 2 aliphatic rings. The Hall–Kier alpha value is -3.10. The highest BCUT2D eigenvalue weighted by Crippen LogP contribution is 2.49. The first-order valence-electron chi connectivity index (χ1n) is 11.1. The quantitative estimate of drug-likeness (QED) is 0.437. The fourth-order valence-corrected chi connectivity index (χ4v) is 4.55. The third kappa shape index (κ3) is 4.28. The summed E-state index contributed by atoms with van der Waals surface area (Å²) in [6, 6.07) is 8.83. The summed E-state index contributed by atoms with van der Waals surface area (Å²) >= 11 is 0. The number of methoxy groups -OCH3 is 1. The second-order valence-electron chi connectivity index (χ2n) is 8.32. The molecule has 2 aliphatic carbocycles. The van der Waals surface area contributed by atoms with Crippen molar-refractivity contribution in [1.29, 1.82) is 0 Å². The van der Waals surface area contributed by atoms with Crippen LogP contribution in [0.25, 0.3) is 11.1 Å². The van der Waals surface area contributed by atoms with Crippen molar-refractivity contribution in [2.24, 2.45) is 5.41 Å². The smallest absolute Gasteiger partial charge is 0.315 e. The predicted molar refractivity (Wildman–Crippen MR) is 118 cm³/mol. The molecule has 0 unspecified atom stereocenters. The molecule has 0 spiro atoms. The minimum atomic E-state index is -2.05. The molecular formula is C25H28O8. The second-order valence-corrected chi connectivity index (χ2v) is 8.32. The summed E-state index contributed by atoms with van der Waals surface area (Å²) in [5.74, 6) is 0.357. The SMILES string of the molecule is CCOC(=O)C1(COc2c(-c3cccc4c3CCC4=O)ccc(OC(O)O)c2OC)CCC1. The largest absolute Gasteiger partial charge is 0.490 e. The maximum absolute atomic E-state index is 12.6. The Labute approximate surface area is 192 Å². The third-order valence-electron chi connectivity index (χ3n) is 6.39. The zero-order valence-corrected chi connectivity index (χ0v) is 18.8. The van der Waals surface area contributed by atoms with Gasteiger partial charge in [0.15, 0.2) is 17.3 Å². The van der Waals surface area contributed by atoms with Crippen molar-refractivity contribution >= 4 is 11.8 Å². The van der Waals surface area contributed by atoms with Gasteiger partial charge in [0, 0.05) is 17.5 Å². The van der Waals surface area contributed by atoms with Gasteiger partial charge in [-0.05, 0) is 49.4 Å². The van der Waals surface area contributed by atoms with Crippen LogP contribution in [0.15, 0.2) is 30.3 Å². The standard InChI is InChI=1S/C25H28O8/c1-3-31-23(27)25(12-5-13-25)14-32-21-18(9-11-20(22(21)30-2)33-24(28)29)15-6-4-7-17-16(15)8-10-19(17)26/h4,6-7,9,11,24,28-29H,3,5,8,10,12-14H2,1-2H3. The summed E-state index contributed by atoms with van der Waals surface area (Å²) in [7, 11) is 1.42. The lowest BCUT2D eigenvalue weighted by Crippen LogP contribution is -2.44. The molecule has 0 amide bonds. The second kappa shape index (κ2) is 9.41. The number of ketones is 1. The van der Waals surface area contributed by atoms with Gasteiger partial charge in [0.1, 0.15) is 12.0 Å². The fraction of sp³-hybridized carbons (Fsp3) is 0.440. The number of ether oxygens (including phenoxy) is 4. The van der Waals surface area contributed by atoms with E-state index in [4.69, 9.17) is 18.9 Å². The molecular weight excluding hydrogens is 428 g/mol. The average Bonchev–Trinajstić information content (AvgIpc) is 3.14. The number of hydrogen-bond acceptors (Lipinski definition) is 8. The first-order valence-corrected chi connectivity index (χ1v) is 11.1. The number of carbonyl (C=O) groups excluding carboxylic acids is 2. The molecule has 1 fully saturated rings. The number of benzene rings is 2. The molecule has 8 heteroatoms. The van der Waals surface area contributed by atoms with Gasteiger partial charge in [-0.1, -0.05) is 24.6 Å². The van der Waals surface area contributed by atoms with Gasteiger partial charge in [0.05, 0.1) is 13.7 Å². The molecule has 0 aromatic heterocycles. The molecule has 2 N–H and O–H groups in total. The lowest BCUT2D eigenvalue weighted by atomic mass is 9.69. The number of esters is 1. The Morgan fingerprint density at radius 2 is 1.82 bits per heavy atom. The minimum absolute atomic E-state index is 0.0775. The molecule has 2 aromatic rings. The topological polar surface area (TPSA) is 112 Å². The zero-order valence-electron chi connectivity index (χ0n) is 18.8. The van der Waals surface area contributed by atoms with E-state index < -0.39 is 11.9 Å². The van der Waals surface area contributed by atoms with Crippen LogP contribution >= 0.6 is 0 Å². The summed E-state index contributed by atoms with van der Waals surface area (Å²) in [6.07, 6.45) is 3.28. The monoisotopic (exact) mass is 456 g/mol. The molecule has 33 heavy (non-hydrogen) atoms. The molecule has 0 saturated heterocycles. The van der Waals surface area contributed by atoms with Crippen LogP contribution in [-0.4, -0.2) is 48.8 Å². The molecule has 4 rings (SSSR count). The van der Waals surface area contributed by atoms with Gasteiger partial charge in [0.2, 0.25) is 5.75 Å². The molecule has 0 aliphatic heterocycles. The number of hydrogen-bond donors (Lipinski definition) is 2. The van der Waals surface area contributed by atoms with Crippen molar-refractivity contribution < 1.29 is 38.7 Å². The van der Waals surface area contributed by atoms with Crippen LogP contribution in [0.2, 0.25) is 0 Å². The van der Waals surface area contributed by atoms with Gasteiger partial charge in [0.25, 0.3) is 0 Å². The lowest BCUT2D eigenvalue weighted by Gasteiger charge is -2.38. The van der Waals surface area contributed by atoms with Crippen LogP contribution in [0, 0.1) is 5.41 Å². The van der Waals surface area contributed by atoms with Crippen LogP contribution in [-0.2, 0) is 16.0 Å². The third-order valence-corrected chi connectivity index (χ3v) is 6.39. The summed E-state index contributed by atoms with van der Waals surface area (Å²) in [5, 5.41) is 18.7. The van der Waals surface area contributed by atoms with E-state index in [1.807, 2.05) is 18.2 Å². The predicted octanol–water partition coefficient (Wildman–Crippen LogP) is 3.25. The van der Waals surface area contributed by atoms with E-state index in [9.17, 15) is 19.8 Å². The fourth-order valence-electron chi connectivity index (χ4n) is 4.55. The Kier molecular flexibility index (Phi) is 6.58. The average molecular weight is 456 g/mol. The van der Waals surface area contributed by atoms with Crippen LogP contribution in [0.4, 0.5) is 0 Å². The van der Waals surface area contributed by atoms with Gasteiger partial charge in [-0.3, -0.25) is 9.59 Å². The molecule has 0 bridgehead atoms. The lowest BCUT2D eigenvalue weighted by molar-refractivity contribution is -0.180. The summed E-state index contributed by atoms with van der Waals surface area (Å²) in [6.45, 7) is 0.0873. The van der Waals surface area contributed by atoms with E-state index in [1.165, 1.54) is 7.11 Å². The van der Waals surface area contributed by atoms with Crippen molar-refractivity contribution in [3.8, 4) is 28.4 Å². The first-order chi connectivity index (χ1) is 15.9. The highest BCUT2D eigenvalue weighted by atomic mass is 16.7. The maximum Gasteiger partial charge on any atom is 0.315 e. The van der Waals surface area contributed by atoms with E-state index in [0.717, 1.165) is 17.5 Å². The van der Waals surface area contributed by atoms with Gasteiger partial charge < -0.3 is 29.2 Å². The Morgan fingerprint density at radius 1 is 1.06 bits per heavy atom. The van der Waals surface area contributed by atoms with E-state index in [-0.39, 0.29) is 36.5 Å². The molecule has 8 nitrogen and oxygen atoms in total. The summed E-state index contributed by atoms with van der Waals surface area (Å²) < 4.78 is 22.2. The van der Waals surface area contributed by atoms with Gasteiger partial charge in [-0.2, -0.15) is 0 Å². The van der Waals surface area contributed by atoms with Crippen molar-refractivity contribution in [3.05, 3.63) is 41.5 Å². The number of fused-ring (bicyclic) bond motifs is 1. The van der Waals surface area contributed by atoms with Crippen molar-refractivity contribution in [2.45, 2.75) is 45.5 Å². The highest BCUT2D eigenvalue weighted by molar-refractivity contribution is 6.02. The summed E-state index contributed by atoms with van der Waals surface area (Å²) in [4.78, 5) is 24.9. The van der Waals surface area contributed by atoms with Gasteiger partial charge in [-0.15, -0.1) is 0 Å². The maximum atomic E-state index is 12.6. The normalized spacial score (nSPS) is 16.2. The summed E-state index contributed by atoms with van der Waals surface area (Å²) in [5.41, 5.74) is 2.36. The Bertz CT molecular complexity index is 1050.